The van der Waals surface area contributed by atoms with Crippen molar-refractivity contribution in [3.63, 3.8) is 0 Å². The number of carbonyl (C=O) groups is 1. The predicted molar refractivity (Wildman–Crippen MR) is 93.1 cm³/mol. The summed E-state index contributed by atoms with van der Waals surface area (Å²) in [5, 5.41) is 2.47. The van der Waals surface area contributed by atoms with Gasteiger partial charge in [-0.05, 0) is 25.0 Å². The molecule has 7 nitrogen and oxygen atoms in total. The van der Waals surface area contributed by atoms with E-state index in [0.717, 1.165) is 38.1 Å². The summed E-state index contributed by atoms with van der Waals surface area (Å²) in [6.45, 7) is 1.67. The summed E-state index contributed by atoms with van der Waals surface area (Å²) in [4.78, 5) is 29.0. The molecule has 1 saturated heterocycles. The molecular formula is C17H20F2N6O. The van der Waals surface area contributed by atoms with Gasteiger partial charge >= 0.3 is 0 Å². The van der Waals surface area contributed by atoms with Gasteiger partial charge in [-0.2, -0.15) is 15.0 Å². The van der Waals surface area contributed by atoms with Gasteiger partial charge in [0.25, 0.3) is 5.91 Å². The predicted octanol–water partition coefficient (Wildman–Crippen LogP) is 1.75. The highest BCUT2D eigenvalue weighted by molar-refractivity contribution is 5.94. The first kappa shape index (κ1) is 18.0. The lowest BCUT2D eigenvalue weighted by Crippen LogP contribution is -2.28. The molecule has 1 N–H and O–H groups in total. The molecule has 2 heterocycles. The maximum atomic E-state index is 13.7. The molecule has 1 aliphatic heterocycles. The number of hydrogen-bond donors (Lipinski definition) is 1. The molecule has 0 atom stereocenters. The molecule has 1 aliphatic rings. The van der Waals surface area contributed by atoms with Crippen molar-refractivity contribution in [1.82, 2.24) is 20.3 Å². The Labute approximate surface area is 150 Å². The minimum absolute atomic E-state index is 0.0587. The number of nitrogens with one attached hydrogen (secondary N) is 1. The van der Waals surface area contributed by atoms with Gasteiger partial charge < -0.3 is 15.1 Å². The largest absolute Gasteiger partial charge is 0.347 e. The fourth-order valence-corrected chi connectivity index (χ4v) is 2.70. The average Bonchev–Trinajstić information content (AvgIpc) is 3.14. The number of rotatable bonds is 5. The van der Waals surface area contributed by atoms with Gasteiger partial charge in [-0.1, -0.05) is 6.07 Å². The second kappa shape index (κ2) is 7.59. The van der Waals surface area contributed by atoms with E-state index in [2.05, 4.69) is 25.2 Å². The fourth-order valence-electron chi connectivity index (χ4n) is 2.70. The summed E-state index contributed by atoms with van der Waals surface area (Å²) in [6, 6.07) is 3.28. The fraction of sp³-hybridized carbons (Fsp3) is 0.412. The second-order valence-corrected chi connectivity index (χ2v) is 6.22. The maximum Gasteiger partial charge on any atom is 0.257 e. The van der Waals surface area contributed by atoms with E-state index in [1.807, 2.05) is 0 Å². The Kier molecular flexibility index (Phi) is 5.24. The van der Waals surface area contributed by atoms with E-state index in [1.54, 1.807) is 19.0 Å². The maximum absolute atomic E-state index is 13.7. The Morgan fingerprint density at radius 1 is 1.15 bits per heavy atom. The highest BCUT2D eigenvalue weighted by atomic mass is 19.1. The molecule has 1 amide bonds. The first-order chi connectivity index (χ1) is 12.5. The lowest BCUT2D eigenvalue weighted by atomic mass is 10.2. The van der Waals surface area contributed by atoms with Crippen molar-refractivity contribution in [1.29, 1.82) is 0 Å². The van der Waals surface area contributed by atoms with Crippen LogP contribution in [0, 0.1) is 11.6 Å². The molecule has 1 aromatic heterocycles. The molecule has 1 aromatic carbocycles. The van der Waals surface area contributed by atoms with Crippen molar-refractivity contribution >= 4 is 17.8 Å². The topological polar surface area (TPSA) is 74.2 Å². The Bertz CT molecular complexity index is 788. The molecule has 0 unspecified atom stereocenters. The van der Waals surface area contributed by atoms with E-state index in [1.165, 1.54) is 6.07 Å². The van der Waals surface area contributed by atoms with Gasteiger partial charge in [-0.3, -0.25) is 4.79 Å². The SMILES string of the molecule is CN(C)c1nc(CNC(=O)c2c(F)cccc2F)nc(N2CCCC2)n1. The second-order valence-electron chi connectivity index (χ2n) is 6.22. The highest BCUT2D eigenvalue weighted by Gasteiger charge is 2.20. The van der Waals surface area contributed by atoms with Crippen molar-refractivity contribution in [3.05, 3.63) is 41.2 Å². The normalized spacial score (nSPS) is 13.8. The molecule has 9 heteroatoms. The van der Waals surface area contributed by atoms with Crippen molar-refractivity contribution in [2.24, 2.45) is 0 Å². The Morgan fingerprint density at radius 3 is 2.42 bits per heavy atom. The molecule has 0 aliphatic carbocycles. The number of benzene rings is 1. The minimum atomic E-state index is -0.912. The van der Waals surface area contributed by atoms with Crippen LogP contribution in [0.2, 0.25) is 0 Å². The number of halogens is 2. The van der Waals surface area contributed by atoms with E-state index in [0.29, 0.717) is 17.7 Å². The van der Waals surface area contributed by atoms with Crippen LogP contribution in [-0.4, -0.2) is 48.0 Å². The van der Waals surface area contributed by atoms with Crippen LogP contribution in [0.1, 0.15) is 29.0 Å². The van der Waals surface area contributed by atoms with Gasteiger partial charge in [0.15, 0.2) is 5.82 Å². The number of carbonyl (C=O) groups excluding carboxylic acids is 1. The number of amides is 1. The highest BCUT2D eigenvalue weighted by Crippen LogP contribution is 2.18. The quantitative estimate of drug-likeness (QED) is 0.874. The minimum Gasteiger partial charge on any atom is -0.347 e. The van der Waals surface area contributed by atoms with Crippen LogP contribution in [0.4, 0.5) is 20.7 Å². The first-order valence-corrected chi connectivity index (χ1v) is 8.35. The molecular weight excluding hydrogens is 342 g/mol. The van der Waals surface area contributed by atoms with E-state index >= 15 is 0 Å². The summed E-state index contributed by atoms with van der Waals surface area (Å²) in [5.41, 5.74) is -0.617. The van der Waals surface area contributed by atoms with E-state index in [9.17, 15) is 13.6 Å². The standard InChI is InChI=1S/C17H20F2N6O/c1-24(2)16-21-13(22-17(23-16)25-8-3-4-9-25)10-20-15(26)14-11(18)6-5-7-12(14)19/h5-7H,3-4,8-10H2,1-2H3,(H,20,26). The van der Waals surface area contributed by atoms with Crippen LogP contribution >= 0.6 is 0 Å². The Balaban J connectivity index is 1.79. The summed E-state index contributed by atoms with van der Waals surface area (Å²) in [6.07, 6.45) is 2.14. The van der Waals surface area contributed by atoms with Crippen LogP contribution < -0.4 is 15.1 Å². The lowest BCUT2D eigenvalue weighted by Gasteiger charge is -2.19. The average molecular weight is 362 g/mol. The molecule has 0 saturated carbocycles. The summed E-state index contributed by atoms with van der Waals surface area (Å²) in [7, 11) is 3.61. The smallest absolute Gasteiger partial charge is 0.257 e. The van der Waals surface area contributed by atoms with Gasteiger partial charge in [-0.15, -0.1) is 0 Å². The van der Waals surface area contributed by atoms with Crippen molar-refractivity contribution in [2.75, 3.05) is 37.0 Å². The van der Waals surface area contributed by atoms with Crippen molar-refractivity contribution < 1.29 is 13.6 Å². The summed E-state index contributed by atoms with van der Waals surface area (Å²) in [5.74, 6) is -1.34. The molecule has 3 rings (SSSR count). The molecule has 0 radical (unpaired) electrons. The Morgan fingerprint density at radius 2 is 1.81 bits per heavy atom. The van der Waals surface area contributed by atoms with Crippen LogP contribution in [0.3, 0.4) is 0 Å². The zero-order chi connectivity index (χ0) is 18.7. The number of nitrogens with zero attached hydrogens (tertiary/aromatic N) is 5. The van der Waals surface area contributed by atoms with E-state index in [4.69, 9.17) is 0 Å². The van der Waals surface area contributed by atoms with Crippen LogP contribution in [-0.2, 0) is 6.54 Å². The number of anilines is 2. The zero-order valence-electron chi connectivity index (χ0n) is 14.7. The monoisotopic (exact) mass is 362 g/mol. The molecule has 0 bridgehead atoms. The third-order valence-electron chi connectivity index (χ3n) is 4.04. The summed E-state index contributed by atoms with van der Waals surface area (Å²) >= 11 is 0. The molecule has 0 spiro atoms. The summed E-state index contributed by atoms with van der Waals surface area (Å²) < 4.78 is 27.4. The van der Waals surface area contributed by atoms with E-state index in [-0.39, 0.29) is 6.54 Å². The van der Waals surface area contributed by atoms with E-state index < -0.39 is 23.1 Å². The Hall–Kier alpha value is -2.84. The van der Waals surface area contributed by atoms with Gasteiger partial charge in [0.2, 0.25) is 11.9 Å². The van der Waals surface area contributed by atoms with Gasteiger partial charge in [0, 0.05) is 27.2 Å². The molecule has 1 fully saturated rings. The van der Waals surface area contributed by atoms with Gasteiger partial charge in [0.05, 0.1) is 6.54 Å². The first-order valence-electron chi connectivity index (χ1n) is 8.35. The molecule has 2 aromatic rings. The molecule has 138 valence electrons. The molecule has 26 heavy (non-hydrogen) atoms. The van der Waals surface area contributed by atoms with Crippen LogP contribution in [0.15, 0.2) is 18.2 Å². The number of aromatic nitrogens is 3. The number of hydrogen-bond acceptors (Lipinski definition) is 6. The zero-order valence-corrected chi connectivity index (χ0v) is 14.7. The van der Waals surface area contributed by atoms with Crippen LogP contribution in [0.25, 0.3) is 0 Å². The third-order valence-corrected chi connectivity index (χ3v) is 4.04. The van der Waals surface area contributed by atoms with Crippen molar-refractivity contribution in [2.45, 2.75) is 19.4 Å². The lowest BCUT2D eigenvalue weighted by molar-refractivity contribution is 0.0941. The van der Waals surface area contributed by atoms with Crippen molar-refractivity contribution in [3.8, 4) is 0 Å². The van der Waals surface area contributed by atoms with Crippen LogP contribution in [0.5, 0.6) is 0 Å². The van der Waals surface area contributed by atoms with Gasteiger partial charge in [-0.25, -0.2) is 8.78 Å². The third kappa shape index (κ3) is 3.87. The van der Waals surface area contributed by atoms with Gasteiger partial charge in [0.1, 0.15) is 17.2 Å².